The molecule has 0 unspecified atom stereocenters. The van der Waals surface area contributed by atoms with Crippen molar-refractivity contribution >= 4 is 43.5 Å². The van der Waals surface area contributed by atoms with Gasteiger partial charge in [-0.2, -0.15) is 0 Å². The van der Waals surface area contributed by atoms with Crippen LogP contribution in [0.5, 0.6) is 5.75 Å². The summed E-state index contributed by atoms with van der Waals surface area (Å²) in [6, 6.07) is 10.6. The van der Waals surface area contributed by atoms with Crippen LogP contribution >= 0.6 is 31.9 Å². The lowest BCUT2D eigenvalue weighted by atomic mass is 10.1. The molecular formula is C15H13Br2NO3. The highest BCUT2D eigenvalue weighted by molar-refractivity contribution is 9.11. The molecule has 2 N–H and O–H groups in total. The van der Waals surface area contributed by atoms with Crippen molar-refractivity contribution in [1.29, 1.82) is 0 Å². The quantitative estimate of drug-likeness (QED) is 0.754. The van der Waals surface area contributed by atoms with Crippen molar-refractivity contribution in [3.05, 3.63) is 56.5 Å². The third-order valence-electron chi connectivity index (χ3n) is 2.88. The van der Waals surface area contributed by atoms with Crippen molar-refractivity contribution in [3.8, 4) is 5.75 Å². The van der Waals surface area contributed by atoms with Crippen LogP contribution in [0.25, 0.3) is 0 Å². The number of rotatable bonds is 5. The molecule has 2 aromatic rings. The number of hydrogen-bond donors (Lipinski definition) is 2. The summed E-state index contributed by atoms with van der Waals surface area (Å²) in [5.41, 5.74) is 1.95. The van der Waals surface area contributed by atoms with E-state index in [0.29, 0.717) is 6.54 Å². The Morgan fingerprint density at radius 3 is 2.71 bits per heavy atom. The minimum absolute atomic E-state index is 0.252. The first-order valence-electron chi connectivity index (χ1n) is 6.10. The van der Waals surface area contributed by atoms with Crippen LogP contribution in [0, 0.1) is 0 Å². The molecule has 6 heteroatoms. The van der Waals surface area contributed by atoms with Crippen LogP contribution in [0.3, 0.4) is 0 Å². The first kappa shape index (κ1) is 15.9. The normalized spacial score (nSPS) is 10.2. The Morgan fingerprint density at radius 2 is 2.05 bits per heavy atom. The van der Waals surface area contributed by atoms with Crippen LogP contribution in [0.4, 0.5) is 5.69 Å². The molecule has 0 aliphatic carbocycles. The van der Waals surface area contributed by atoms with Crippen molar-refractivity contribution in [2.75, 3.05) is 12.4 Å². The van der Waals surface area contributed by atoms with Crippen LogP contribution in [-0.4, -0.2) is 18.2 Å². The Morgan fingerprint density at radius 1 is 1.29 bits per heavy atom. The van der Waals surface area contributed by atoms with E-state index in [0.717, 1.165) is 25.9 Å². The molecule has 110 valence electrons. The van der Waals surface area contributed by atoms with Gasteiger partial charge >= 0.3 is 5.97 Å². The number of hydrogen-bond acceptors (Lipinski definition) is 3. The Balaban J connectivity index is 2.20. The number of carboxylic acids is 1. The summed E-state index contributed by atoms with van der Waals surface area (Å²) in [6.45, 7) is 0.518. The number of carboxylic acid groups (broad SMARTS) is 1. The molecule has 0 radical (unpaired) electrons. The predicted octanol–water partition coefficient (Wildman–Crippen LogP) is 4.53. The monoisotopic (exact) mass is 413 g/mol. The fourth-order valence-electron chi connectivity index (χ4n) is 1.93. The molecule has 21 heavy (non-hydrogen) atoms. The number of nitrogens with one attached hydrogen (secondary N) is 1. The van der Waals surface area contributed by atoms with Crippen LogP contribution in [0.1, 0.15) is 15.9 Å². The molecule has 0 aromatic heterocycles. The standard InChI is InChI=1S/C15H13Br2NO3/c1-21-14-10(5-11(16)7-13(14)17)8-18-12-4-2-3-9(6-12)15(19)20/h2-7,18H,8H2,1H3,(H,19,20). The second kappa shape index (κ2) is 6.95. The maximum Gasteiger partial charge on any atom is 0.335 e. The van der Waals surface area contributed by atoms with Crippen molar-refractivity contribution in [2.45, 2.75) is 6.54 Å². The summed E-state index contributed by atoms with van der Waals surface area (Å²) in [4.78, 5) is 11.0. The smallest absolute Gasteiger partial charge is 0.335 e. The highest BCUT2D eigenvalue weighted by Crippen LogP contribution is 2.33. The van der Waals surface area contributed by atoms with E-state index in [1.807, 2.05) is 18.2 Å². The molecule has 0 spiro atoms. The highest BCUT2D eigenvalue weighted by Gasteiger charge is 2.09. The summed E-state index contributed by atoms with van der Waals surface area (Å²) >= 11 is 6.90. The van der Waals surface area contributed by atoms with E-state index in [1.165, 1.54) is 0 Å². The van der Waals surface area contributed by atoms with Crippen LogP contribution in [0.15, 0.2) is 45.3 Å². The number of benzene rings is 2. The molecule has 0 amide bonds. The Bertz CT molecular complexity index is 674. The molecule has 0 saturated carbocycles. The SMILES string of the molecule is COc1c(Br)cc(Br)cc1CNc1cccc(C(=O)O)c1. The lowest BCUT2D eigenvalue weighted by molar-refractivity contribution is 0.0697. The van der Waals surface area contributed by atoms with E-state index in [1.54, 1.807) is 25.3 Å². The van der Waals surface area contributed by atoms with Gasteiger partial charge in [0, 0.05) is 22.3 Å². The van der Waals surface area contributed by atoms with Crippen LogP contribution in [0.2, 0.25) is 0 Å². The first-order valence-corrected chi connectivity index (χ1v) is 7.69. The molecule has 0 aliphatic rings. The van der Waals surface area contributed by atoms with Crippen molar-refractivity contribution < 1.29 is 14.6 Å². The lowest BCUT2D eigenvalue weighted by Gasteiger charge is -2.13. The van der Waals surface area contributed by atoms with Crippen molar-refractivity contribution in [3.63, 3.8) is 0 Å². The zero-order chi connectivity index (χ0) is 15.4. The number of ether oxygens (including phenoxy) is 1. The maximum absolute atomic E-state index is 11.0. The van der Waals surface area contributed by atoms with Crippen molar-refractivity contribution in [2.24, 2.45) is 0 Å². The molecule has 0 heterocycles. The van der Waals surface area contributed by atoms with Gasteiger partial charge in [-0.05, 0) is 46.3 Å². The molecule has 0 fully saturated rings. The zero-order valence-electron chi connectivity index (χ0n) is 11.2. The van der Waals surface area contributed by atoms with Gasteiger partial charge in [-0.1, -0.05) is 22.0 Å². The molecule has 2 aromatic carbocycles. The van der Waals surface area contributed by atoms with Gasteiger partial charge in [-0.15, -0.1) is 0 Å². The predicted molar refractivity (Wildman–Crippen MR) is 89.1 cm³/mol. The highest BCUT2D eigenvalue weighted by atomic mass is 79.9. The fourth-order valence-corrected chi connectivity index (χ4v) is 3.41. The molecule has 0 aliphatic heterocycles. The summed E-state index contributed by atoms with van der Waals surface area (Å²) < 4.78 is 7.17. The first-order chi connectivity index (χ1) is 10.0. The molecule has 0 saturated heterocycles. The minimum atomic E-state index is -0.943. The van der Waals surface area contributed by atoms with Gasteiger partial charge < -0.3 is 15.2 Å². The molecule has 0 bridgehead atoms. The summed E-state index contributed by atoms with van der Waals surface area (Å²) in [5.74, 6) is -0.193. The third kappa shape index (κ3) is 3.98. The Kier molecular flexibility index (Phi) is 5.25. The number of methoxy groups -OCH3 is 1. The van der Waals surface area contributed by atoms with Crippen LogP contribution in [-0.2, 0) is 6.54 Å². The van der Waals surface area contributed by atoms with Crippen molar-refractivity contribution in [1.82, 2.24) is 0 Å². The average molecular weight is 415 g/mol. The van der Waals surface area contributed by atoms with Gasteiger partial charge in [-0.25, -0.2) is 4.79 Å². The largest absolute Gasteiger partial charge is 0.495 e. The maximum atomic E-state index is 11.0. The van der Waals surface area contributed by atoms with Crippen LogP contribution < -0.4 is 10.1 Å². The van der Waals surface area contributed by atoms with Gasteiger partial charge in [0.2, 0.25) is 0 Å². The molecule has 0 atom stereocenters. The van der Waals surface area contributed by atoms with E-state index in [9.17, 15) is 4.79 Å². The van der Waals surface area contributed by atoms with Gasteiger partial charge in [0.05, 0.1) is 17.1 Å². The summed E-state index contributed by atoms with van der Waals surface area (Å²) in [5, 5.41) is 12.2. The van der Waals surface area contributed by atoms with E-state index in [-0.39, 0.29) is 5.56 Å². The second-order valence-electron chi connectivity index (χ2n) is 4.32. The zero-order valence-corrected chi connectivity index (χ0v) is 14.4. The number of carbonyl (C=O) groups is 1. The van der Waals surface area contributed by atoms with Gasteiger partial charge in [0.1, 0.15) is 5.75 Å². The molecule has 4 nitrogen and oxygen atoms in total. The topological polar surface area (TPSA) is 58.6 Å². The van der Waals surface area contributed by atoms with E-state index < -0.39 is 5.97 Å². The fraction of sp³-hybridized carbons (Fsp3) is 0.133. The van der Waals surface area contributed by atoms with Gasteiger partial charge in [0.25, 0.3) is 0 Å². The second-order valence-corrected chi connectivity index (χ2v) is 6.09. The van der Waals surface area contributed by atoms with Gasteiger partial charge in [0.15, 0.2) is 0 Å². The number of aromatic carboxylic acids is 1. The third-order valence-corrected chi connectivity index (χ3v) is 3.93. The Labute approximate surface area is 139 Å². The average Bonchev–Trinajstić information content (AvgIpc) is 2.45. The number of anilines is 1. The van der Waals surface area contributed by atoms with E-state index in [2.05, 4.69) is 37.2 Å². The summed E-state index contributed by atoms with van der Waals surface area (Å²) in [6.07, 6.45) is 0. The number of halogens is 2. The molecule has 2 rings (SSSR count). The summed E-state index contributed by atoms with van der Waals surface area (Å²) in [7, 11) is 1.61. The lowest BCUT2D eigenvalue weighted by Crippen LogP contribution is -2.04. The van der Waals surface area contributed by atoms with E-state index in [4.69, 9.17) is 9.84 Å². The van der Waals surface area contributed by atoms with Gasteiger partial charge in [-0.3, -0.25) is 0 Å². The molecular weight excluding hydrogens is 402 g/mol. The van der Waals surface area contributed by atoms with E-state index >= 15 is 0 Å². The Hall–Kier alpha value is -1.53. The minimum Gasteiger partial charge on any atom is -0.495 e.